The molecule has 1 aliphatic rings. The van der Waals surface area contributed by atoms with Crippen LogP contribution in [0.1, 0.15) is 37.7 Å². The van der Waals surface area contributed by atoms with Gasteiger partial charge in [0.25, 0.3) is 0 Å². The molecule has 90 valence electrons. The molecule has 1 atom stereocenters. The first kappa shape index (κ1) is 12.5. The van der Waals surface area contributed by atoms with Crippen molar-refractivity contribution in [2.24, 2.45) is 5.92 Å². The van der Waals surface area contributed by atoms with Crippen LogP contribution in [0.15, 0.2) is 29.2 Å². The Labute approximate surface area is 108 Å². The Balaban J connectivity index is 2.02. The molecule has 0 aromatic heterocycles. The fourth-order valence-corrected chi connectivity index (χ4v) is 3.72. The van der Waals surface area contributed by atoms with Crippen molar-refractivity contribution >= 4 is 11.8 Å². The summed E-state index contributed by atoms with van der Waals surface area (Å²) in [6.45, 7) is 2.10. The molecule has 2 rings (SSSR count). The summed E-state index contributed by atoms with van der Waals surface area (Å²) in [5.74, 6) is 0.597. The third kappa shape index (κ3) is 3.51. The Morgan fingerprint density at radius 3 is 2.71 bits per heavy atom. The van der Waals surface area contributed by atoms with Gasteiger partial charge >= 0.3 is 0 Å². The minimum atomic E-state index is 0.136. The van der Waals surface area contributed by atoms with E-state index in [4.69, 9.17) is 0 Å². The maximum atomic E-state index is 9.34. The summed E-state index contributed by atoms with van der Waals surface area (Å²) in [4.78, 5) is 1.24. The van der Waals surface area contributed by atoms with Gasteiger partial charge in [0, 0.05) is 4.90 Å². The van der Waals surface area contributed by atoms with Crippen molar-refractivity contribution < 1.29 is 0 Å². The van der Waals surface area contributed by atoms with Gasteiger partial charge in [-0.2, -0.15) is 5.26 Å². The Kier molecular flexibility index (Phi) is 4.50. The average molecular weight is 245 g/mol. The molecule has 1 aromatic carbocycles. The van der Waals surface area contributed by atoms with Gasteiger partial charge in [0.1, 0.15) is 0 Å². The smallest absolute Gasteiger partial charge is 0.0991 e. The van der Waals surface area contributed by atoms with E-state index < -0.39 is 0 Å². The first-order valence-electron chi connectivity index (χ1n) is 6.42. The van der Waals surface area contributed by atoms with Crippen LogP contribution in [-0.2, 0) is 0 Å². The van der Waals surface area contributed by atoms with Crippen LogP contribution >= 0.6 is 11.8 Å². The van der Waals surface area contributed by atoms with Gasteiger partial charge in [-0.15, -0.1) is 11.8 Å². The molecule has 0 saturated heterocycles. The van der Waals surface area contributed by atoms with Gasteiger partial charge in [0.2, 0.25) is 0 Å². The van der Waals surface area contributed by atoms with Crippen molar-refractivity contribution in [3.63, 3.8) is 0 Å². The predicted molar refractivity (Wildman–Crippen MR) is 73.0 cm³/mol. The van der Waals surface area contributed by atoms with Crippen molar-refractivity contribution in [3.8, 4) is 6.07 Å². The zero-order chi connectivity index (χ0) is 12.1. The summed E-state index contributed by atoms with van der Waals surface area (Å²) in [5.41, 5.74) is 1.27. The van der Waals surface area contributed by atoms with E-state index in [0.29, 0.717) is 5.92 Å². The van der Waals surface area contributed by atoms with Gasteiger partial charge in [-0.3, -0.25) is 0 Å². The summed E-state index contributed by atoms with van der Waals surface area (Å²) in [6, 6.07) is 11.0. The second-order valence-corrected chi connectivity index (χ2v) is 6.10. The third-order valence-corrected chi connectivity index (χ3v) is 4.73. The third-order valence-electron chi connectivity index (χ3n) is 3.46. The Hall–Kier alpha value is -0.940. The largest absolute Gasteiger partial charge is 0.197 e. The highest BCUT2D eigenvalue weighted by molar-refractivity contribution is 8.00. The first-order valence-corrected chi connectivity index (χ1v) is 7.30. The monoisotopic (exact) mass is 245 g/mol. The van der Waals surface area contributed by atoms with Crippen LogP contribution in [0.4, 0.5) is 0 Å². The molecule has 0 heterocycles. The molecule has 0 amide bonds. The van der Waals surface area contributed by atoms with Crippen molar-refractivity contribution in [2.75, 3.05) is 0 Å². The summed E-state index contributed by atoms with van der Waals surface area (Å²) >= 11 is 1.75. The summed E-state index contributed by atoms with van der Waals surface area (Å²) in [7, 11) is 0. The average Bonchev–Trinajstić information content (AvgIpc) is 2.37. The van der Waals surface area contributed by atoms with E-state index in [9.17, 15) is 5.26 Å². The first-order chi connectivity index (χ1) is 8.29. The minimum absolute atomic E-state index is 0.136. The zero-order valence-corrected chi connectivity index (χ0v) is 11.2. The van der Waals surface area contributed by atoms with Gasteiger partial charge < -0.3 is 0 Å². The molecular formula is C15H19NS. The molecule has 0 radical (unpaired) electrons. The fraction of sp³-hybridized carbons (Fsp3) is 0.533. The van der Waals surface area contributed by atoms with E-state index in [1.165, 1.54) is 42.6 Å². The van der Waals surface area contributed by atoms with Gasteiger partial charge in [-0.1, -0.05) is 37.0 Å². The lowest BCUT2D eigenvalue weighted by Crippen LogP contribution is -2.18. The normalized spacial score (nSPS) is 18.6. The lowest BCUT2D eigenvalue weighted by Gasteiger charge is -2.25. The molecule has 0 aliphatic heterocycles. The Morgan fingerprint density at radius 2 is 2.06 bits per heavy atom. The number of benzene rings is 1. The van der Waals surface area contributed by atoms with E-state index in [1.54, 1.807) is 11.8 Å². The van der Waals surface area contributed by atoms with Gasteiger partial charge in [-0.05, 0) is 37.8 Å². The highest BCUT2D eigenvalue weighted by atomic mass is 32.2. The van der Waals surface area contributed by atoms with Gasteiger partial charge in [-0.25, -0.2) is 0 Å². The lowest BCUT2D eigenvalue weighted by molar-refractivity contribution is 0.370. The van der Waals surface area contributed by atoms with E-state index in [2.05, 4.69) is 37.3 Å². The van der Waals surface area contributed by atoms with Gasteiger partial charge in [0.15, 0.2) is 0 Å². The zero-order valence-electron chi connectivity index (χ0n) is 10.4. The topological polar surface area (TPSA) is 23.8 Å². The number of thioether (sulfide) groups is 1. The summed E-state index contributed by atoms with van der Waals surface area (Å²) in [6.07, 6.45) is 6.42. The van der Waals surface area contributed by atoms with Crippen molar-refractivity contribution in [1.29, 1.82) is 5.26 Å². The molecule has 1 saturated carbocycles. The van der Waals surface area contributed by atoms with Crippen LogP contribution < -0.4 is 0 Å². The van der Waals surface area contributed by atoms with Crippen LogP contribution in [0.5, 0.6) is 0 Å². The van der Waals surface area contributed by atoms with E-state index in [1.807, 2.05) is 0 Å². The predicted octanol–water partition coefficient (Wildman–Crippen LogP) is 4.56. The molecule has 17 heavy (non-hydrogen) atoms. The second kappa shape index (κ2) is 6.12. The molecule has 0 spiro atoms. The van der Waals surface area contributed by atoms with Gasteiger partial charge in [0.05, 0.1) is 11.3 Å². The van der Waals surface area contributed by atoms with Crippen molar-refractivity contribution in [3.05, 3.63) is 29.8 Å². The standard InChI is InChI=1S/C15H19NS/c1-12-6-5-9-14(10-12)17-15(11-16)13-7-3-2-4-8-13/h5-6,9-10,13,15H,2-4,7-8H2,1H3. The molecular weight excluding hydrogens is 226 g/mol. The van der Waals surface area contributed by atoms with Crippen LogP contribution in [0.25, 0.3) is 0 Å². The van der Waals surface area contributed by atoms with E-state index in [0.717, 1.165) is 0 Å². The molecule has 0 N–H and O–H groups in total. The molecule has 1 fully saturated rings. The van der Waals surface area contributed by atoms with Crippen LogP contribution in [0, 0.1) is 24.2 Å². The number of rotatable bonds is 3. The molecule has 1 aliphatic carbocycles. The van der Waals surface area contributed by atoms with Crippen LogP contribution in [-0.4, -0.2) is 5.25 Å². The molecule has 0 bridgehead atoms. The second-order valence-electron chi connectivity index (χ2n) is 4.88. The molecule has 1 unspecified atom stereocenters. The van der Waals surface area contributed by atoms with E-state index in [-0.39, 0.29) is 5.25 Å². The number of hydrogen-bond donors (Lipinski definition) is 0. The maximum Gasteiger partial charge on any atom is 0.0991 e. The Morgan fingerprint density at radius 1 is 1.29 bits per heavy atom. The lowest BCUT2D eigenvalue weighted by atomic mass is 9.87. The fourth-order valence-electron chi connectivity index (χ4n) is 2.50. The molecule has 2 heteroatoms. The summed E-state index contributed by atoms with van der Waals surface area (Å²) in [5, 5.41) is 9.47. The van der Waals surface area contributed by atoms with E-state index >= 15 is 0 Å². The summed E-state index contributed by atoms with van der Waals surface area (Å²) < 4.78 is 0. The minimum Gasteiger partial charge on any atom is -0.197 e. The Bertz CT molecular complexity index is 402. The van der Waals surface area contributed by atoms with Crippen LogP contribution in [0.3, 0.4) is 0 Å². The van der Waals surface area contributed by atoms with Crippen LogP contribution in [0.2, 0.25) is 0 Å². The highest BCUT2D eigenvalue weighted by Crippen LogP contribution is 2.35. The van der Waals surface area contributed by atoms with Crippen molar-refractivity contribution in [2.45, 2.75) is 49.2 Å². The molecule has 1 nitrogen and oxygen atoms in total. The number of nitrogens with zero attached hydrogens (tertiary/aromatic N) is 1. The van der Waals surface area contributed by atoms with Crippen molar-refractivity contribution in [1.82, 2.24) is 0 Å². The number of nitriles is 1. The quantitative estimate of drug-likeness (QED) is 0.729. The molecule has 1 aromatic rings. The highest BCUT2D eigenvalue weighted by Gasteiger charge is 2.24. The number of hydrogen-bond acceptors (Lipinski definition) is 2. The maximum absolute atomic E-state index is 9.34. The SMILES string of the molecule is Cc1cccc(SC(C#N)C2CCCCC2)c1. The number of aryl methyl sites for hydroxylation is 1.